The molecular weight excluding hydrogens is 375 g/mol. The van der Waals surface area contributed by atoms with Gasteiger partial charge in [0, 0.05) is 26.7 Å². The minimum Gasteiger partial charge on any atom is -0.351 e. The third-order valence-corrected chi connectivity index (χ3v) is 4.86. The maximum atomic E-state index is 12.9. The first-order chi connectivity index (χ1) is 13.3. The average Bonchev–Trinajstić information content (AvgIpc) is 2.97. The Morgan fingerprint density at radius 3 is 2.43 bits per heavy atom. The first-order valence-electron chi connectivity index (χ1n) is 9.01. The largest absolute Gasteiger partial charge is 0.451 e. The Morgan fingerprint density at radius 2 is 1.86 bits per heavy atom. The number of nitrogens with zero attached hydrogens (tertiary/aromatic N) is 4. The molecule has 0 aliphatic carbocycles. The summed E-state index contributed by atoms with van der Waals surface area (Å²) >= 11 is 0. The summed E-state index contributed by atoms with van der Waals surface area (Å²) in [5.74, 6) is -1.31. The molecule has 0 saturated carbocycles. The van der Waals surface area contributed by atoms with E-state index in [4.69, 9.17) is 0 Å². The number of rotatable bonds is 5. The molecule has 2 heterocycles. The predicted octanol–water partition coefficient (Wildman–Crippen LogP) is 1.55. The van der Waals surface area contributed by atoms with E-state index in [2.05, 4.69) is 10.4 Å². The normalized spacial score (nSPS) is 16.3. The minimum atomic E-state index is -4.67. The molecule has 28 heavy (non-hydrogen) atoms. The molecule has 1 fully saturated rings. The van der Waals surface area contributed by atoms with Gasteiger partial charge < -0.3 is 5.32 Å². The van der Waals surface area contributed by atoms with Gasteiger partial charge in [-0.15, -0.1) is 5.10 Å². The molecule has 0 unspecified atom stereocenters. The van der Waals surface area contributed by atoms with E-state index in [1.54, 1.807) is 0 Å². The Balaban J connectivity index is 1.52. The number of carbonyl (C=O) groups excluding carboxylic acids is 1. The molecule has 1 aliphatic heterocycles. The molecule has 1 saturated heterocycles. The number of nitrogens with one attached hydrogen (secondary N) is 1. The van der Waals surface area contributed by atoms with Gasteiger partial charge >= 0.3 is 11.9 Å². The van der Waals surface area contributed by atoms with Crippen LogP contribution in [0.25, 0.3) is 0 Å². The molecule has 3 rings (SSSR count). The molecule has 1 aromatic heterocycles. The van der Waals surface area contributed by atoms with Crippen LogP contribution >= 0.6 is 0 Å². The number of amides is 1. The van der Waals surface area contributed by atoms with Gasteiger partial charge in [0.2, 0.25) is 11.7 Å². The summed E-state index contributed by atoms with van der Waals surface area (Å²) in [6, 6.07) is 9.14. The first-order valence-corrected chi connectivity index (χ1v) is 9.01. The van der Waals surface area contributed by atoms with Crippen LogP contribution in [0.1, 0.15) is 30.3 Å². The van der Waals surface area contributed by atoms with E-state index in [-0.39, 0.29) is 12.5 Å². The van der Waals surface area contributed by atoms with Gasteiger partial charge in [-0.2, -0.15) is 13.2 Å². The number of hydrogen-bond acceptors (Lipinski definition) is 4. The fraction of sp³-hybridized carbons (Fsp3) is 0.500. The molecule has 2 aromatic rings. The van der Waals surface area contributed by atoms with Crippen LogP contribution in [-0.2, 0) is 24.6 Å². The Bertz CT molecular complexity index is 868. The Morgan fingerprint density at radius 1 is 1.21 bits per heavy atom. The lowest BCUT2D eigenvalue weighted by Gasteiger charge is -2.31. The van der Waals surface area contributed by atoms with Crippen molar-refractivity contribution >= 4 is 5.91 Å². The quantitative estimate of drug-likeness (QED) is 0.831. The lowest BCUT2D eigenvalue weighted by molar-refractivity contribution is -0.147. The SMILES string of the molecule is Cn1c(C(F)(F)F)nn(C2CCN(CC(=O)NCc3ccccc3)CC2)c1=O. The molecule has 1 N–H and O–H groups in total. The summed E-state index contributed by atoms with van der Waals surface area (Å²) in [4.78, 5) is 26.1. The van der Waals surface area contributed by atoms with Crippen LogP contribution in [0.5, 0.6) is 0 Å². The van der Waals surface area contributed by atoms with Crippen LogP contribution in [0.4, 0.5) is 13.2 Å². The Hall–Kier alpha value is -2.62. The number of carbonyl (C=O) groups is 1. The molecule has 7 nitrogen and oxygen atoms in total. The highest BCUT2D eigenvalue weighted by atomic mass is 19.4. The van der Waals surface area contributed by atoms with Crippen LogP contribution in [0.15, 0.2) is 35.1 Å². The Labute approximate surface area is 159 Å². The summed E-state index contributed by atoms with van der Waals surface area (Å²) in [5, 5.41) is 6.35. The number of halogens is 3. The number of hydrogen-bond donors (Lipinski definition) is 1. The van der Waals surface area contributed by atoms with Crippen molar-refractivity contribution in [3.63, 3.8) is 0 Å². The fourth-order valence-electron chi connectivity index (χ4n) is 3.32. The first kappa shape index (κ1) is 20.1. The van der Waals surface area contributed by atoms with E-state index in [9.17, 15) is 22.8 Å². The number of aromatic nitrogens is 3. The zero-order valence-corrected chi connectivity index (χ0v) is 15.4. The number of piperidine rings is 1. The van der Waals surface area contributed by atoms with Crippen molar-refractivity contribution in [1.29, 1.82) is 0 Å². The van der Waals surface area contributed by atoms with Crippen LogP contribution in [0.3, 0.4) is 0 Å². The molecule has 0 bridgehead atoms. The van der Waals surface area contributed by atoms with Crippen LogP contribution in [0, 0.1) is 0 Å². The van der Waals surface area contributed by atoms with Crippen molar-refractivity contribution in [2.75, 3.05) is 19.6 Å². The van der Waals surface area contributed by atoms with E-state index in [0.717, 1.165) is 17.3 Å². The van der Waals surface area contributed by atoms with Gasteiger partial charge in [0.25, 0.3) is 0 Å². The molecular formula is C18H22F3N5O2. The van der Waals surface area contributed by atoms with Gasteiger partial charge in [0.15, 0.2) is 0 Å². The third-order valence-electron chi connectivity index (χ3n) is 4.86. The van der Waals surface area contributed by atoms with Crippen LogP contribution in [-0.4, -0.2) is 44.8 Å². The molecule has 10 heteroatoms. The van der Waals surface area contributed by atoms with Gasteiger partial charge in [0.05, 0.1) is 12.6 Å². The molecule has 1 amide bonds. The summed E-state index contributed by atoms with van der Waals surface area (Å²) < 4.78 is 40.2. The Kier molecular flexibility index (Phi) is 5.87. The molecule has 0 atom stereocenters. The second kappa shape index (κ2) is 8.17. The second-order valence-corrected chi connectivity index (χ2v) is 6.88. The van der Waals surface area contributed by atoms with Gasteiger partial charge in [-0.1, -0.05) is 30.3 Å². The third kappa shape index (κ3) is 4.61. The molecule has 0 radical (unpaired) electrons. The smallest absolute Gasteiger partial charge is 0.351 e. The van der Waals surface area contributed by atoms with Gasteiger partial charge in [-0.05, 0) is 18.4 Å². The van der Waals surface area contributed by atoms with Crippen molar-refractivity contribution in [1.82, 2.24) is 24.6 Å². The highest BCUT2D eigenvalue weighted by Gasteiger charge is 2.39. The minimum absolute atomic E-state index is 0.114. The molecule has 152 valence electrons. The fourth-order valence-corrected chi connectivity index (χ4v) is 3.32. The van der Waals surface area contributed by atoms with E-state index in [1.165, 1.54) is 0 Å². The van der Waals surface area contributed by atoms with E-state index >= 15 is 0 Å². The summed E-state index contributed by atoms with van der Waals surface area (Å²) in [6.07, 6.45) is -3.75. The average molecular weight is 397 g/mol. The second-order valence-electron chi connectivity index (χ2n) is 6.88. The summed E-state index contributed by atoms with van der Waals surface area (Å²) in [6.45, 7) is 1.67. The van der Waals surface area contributed by atoms with Crippen molar-refractivity contribution in [2.45, 2.75) is 31.6 Å². The monoisotopic (exact) mass is 397 g/mol. The van der Waals surface area contributed by atoms with Crippen LogP contribution in [0.2, 0.25) is 0 Å². The van der Waals surface area contributed by atoms with Gasteiger partial charge in [0.1, 0.15) is 0 Å². The lowest BCUT2D eigenvalue weighted by Crippen LogP contribution is -2.43. The van der Waals surface area contributed by atoms with Crippen molar-refractivity contribution in [3.8, 4) is 0 Å². The topological polar surface area (TPSA) is 72.2 Å². The zero-order chi connectivity index (χ0) is 20.3. The lowest BCUT2D eigenvalue weighted by atomic mass is 10.1. The van der Waals surface area contributed by atoms with Crippen molar-refractivity contribution < 1.29 is 18.0 Å². The molecule has 1 aromatic carbocycles. The van der Waals surface area contributed by atoms with E-state index in [1.807, 2.05) is 35.2 Å². The van der Waals surface area contributed by atoms with Crippen LogP contribution < -0.4 is 11.0 Å². The van der Waals surface area contributed by atoms with E-state index in [0.29, 0.717) is 37.0 Å². The summed E-state index contributed by atoms with van der Waals surface area (Å²) in [7, 11) is 1.07. The highest BCUT2D eigenvalue weighted by Crippen LogP contribution is 2.28. The standard InChI is InChI=1S/C18H22F3N5O2/c1-24-16(18(19,20)21)23-26(17(24)28)14-7-9-25(10-8-14)12-15(27)22-11-13-5-3-2-4-6-13/h2-6,14H,7-12H2,1H3,(H,22,27). The zero-order valence-electron chi connectivity index (χ0n) is 15.4. The van der Waals surface area contributed by atoms with E-state index < -0.39 is 23.7 Å². The predicted molar refractivity (Wildman–Crippen MR) is 95.5 cm³/mol. The number of alkyl halides is 3. The van der Waals surface area contributed by atoms with Crippen molar-refractivity contribution in [3.05, 3.63) is 52.2 Å². The highest BCUT2D eigenvalue weighted by molar-refractivity contribution is 5.78. The molecule has 0 spiro atoms. The van der Waals surface area contributed by atoms with Gasteiger partial charge in [-0.3, -0.25) is 14.3 Å². The summed E-state index contributed by atoms with van der Waals surface area (Å²) in [5.41, 5.74) is 0.232. The molecule has 1 aliphatic rings. The number of likely N-dealkylation sites (tertiary alicyclic amines) is 1. The maximum absolute atomic E-state index is 12.9. The number of benzene rings is 1. The van der Waals surface area contributed by atoms with Gasteiger partial charge in [-0.25, -0.2) is 9.48 Å². The van der Waals surface area contributed by atoms with Crippen molar-refractivity contribution in [2.24, 2.45) is 7.05 Å². The maximum Gasteiger partial charge on any atom is 0.451 e.